The van der Waals surface area contributed by atoms with E-state index in [1.807, 2.05) is 24.3 Å². The minimum atomic E-state index is -1.41. The van der Waals surface area contributed by atoms with Crippen LogP contribution in [0.1, 0.15) is 175 Å². The van der Waals surface area contributed by atoms with E-state index in [4.69, 9.17) is 0 Å². The molecule has 2 nitrogen and oxygen atoms in total. The third-order valence-electron chi connectivity index (χ3n) is 26.6. The third kappa shape index (κ3) is 9.28. The second-order valence-corrected chi connectivity index (χ2v) is 36.5. The molecule has 518 valence electrons. The molecule has 2 N–H and O–H groups in total. The molecule has 14 aromatic rings. The van der Waals surface area contributed by atoms with Crippen LogP contribution in [0, 0.1) is 0 Å². The van der Waals surface area contributed by atoms with Gasteiger partial charge in [-0.05, 0) is 260 Å². The van der Waals surface area contributed by atoms with Crippen LogP contribution < -0.4 is 5.46 Å². The van der Waals surface area contributed by atoms with Crippen LogP contribution in [0.5, 0.6) is 0 Å². The van der Waals surface area contributed by atoms with Crippen molar-refractivity contribution in [1.29, 1.82) is 0 Å². The average Bonchev–Trinajstić information content (AvgIpc) is 1.86. The number of hydrogen-bond donors (Lipinski definition) is 2. The first kappa shape index (κ1) is 67.2. The Morgan fingerprint density at radius 3 is 1.07 bits per heavy atom. The van der Waals surface area contributed by atoms with E-state index in [0.717, 1.165) is 10.0 Å². The normalized spacial score (nSPS) is 16.7. The fourth-order valence-corrected chi connectivity index (χ4v) is 21.6. The Balaban J connectivity index is 0.000000132. The summed E-state index contributed by atoms with van der Waals surface area (Å²) in [7, 11) is -1.41. The highest BCUT2D eigenvalue weighted by Crippen LogP contribution is 2.62. The van der Waals surface area contributed by atoms with Gasteiger partial charge in [0.2, 0.25) is 0 Å². The van der Waals surface area contributed by atoms with Gasteiger partial charge in [0.25, 0.3) is 0 Å². The first-order valence-corrected chi connectivity index (χ1v) is 39.3. The molecule has 0 saturated carbocycles. The minimum Gasteiger partial charge on any atom is -0.423 e. The molecular formula is C101H85BBr2O2. The molecule has 0 aromatic heterocycles. The van der Waals surface area contributed by atoms with Crippen molar-refractivity contribution in [3.8, 4) is 100 Å². The van der Waals surface area contributed by atoms with Crippen molar-refractivity contribution in [1.82, 2.24) is 0 Å². The van der Waals surface area contributed by atoms with Gasteiger partial charge in [0.15, 0.2) is 0 Å². The fraction of sp³-hybridized carbons (Fsp3) is 0.208. The Labute approximate surface area is 641 Å². The van der Waals surface area contributed by atoms with E-state index in [1.165, 1.54) is 198 Å². The van der Waals surface area contributed by atoms with Crippen LogP contribution in [0.2, 0.25) is 0 Å². The van der Waals surface area contributed by atoms with Crippen LogP contribution >= 0.6 is 31.9 Å². The van der Waals surface area contributed by atoms with Crippen molar-refractivity contribution in [2.45, 2.75) is 135 Å². The fourth-order valence-electron chi connectivity index (χ4n) is 20.6. The van der Waals surface area contributed by atoms with Gasteiger partial charge < -0.3 is 10.0 Å². The molecule has 0 amide bonds. The van der Waals surface area contributed by atoms with E-state index >= 15 is 0 Å². The Bertz CT molecular complexity index is 6250. The molecule has 0 aliphatic heterocycles. The SMILES string of the molecule is CC1(C)c2cc(Br)ccc2-c2cc3c(cc21)C(C)(C)c1cc(Br)c2ccccc2c1-3.CC1(C)c2ccccc2-c2cc(-c3ccc4c(c3)C(C)(C)c3cc5c(cc3-4)-c3c(cc(-c4ccc6c(c4)-c4ccccc4C6(C)C)c4ccccc34)C5(C)C)ccc21.CC1(C)c2ccccc2-c2cc(B(O)O)ccc21. The smallest absolute Gasteiger partial charge is 0.423 e. The zero-order valence-corrected chi connectivity index (χ0v) is 66.1. The van der Waals surface area contributed by atoms with Crippen molar-refractivity contribution >= 4 is 66.0 Å². The lowest BCUT2D eigenvalue weighted by atomic mass is 9.77. The van der Waals surface area contributed by atoms with E-state index in [-0.39, 0.29) is 37.9 Å². The van der Waals surface area contributed by atoms with Crippen molar-refractivity contribution in [3.05, 3.63) is 336 Å². The van der Waals surface area contributed by atoms with E-state index in [1.54, 1.807) is 6.07 Å². The third-order valence-corrected chi connectivity index (χ3v) is 27.7. The summed E-state index contributed by atoms with van der Waals surface area (Å²) in [6.45, 7) is 33.1. The van der Waals surface area contributed by atoms with Gasteiger partial charge in [0, 0.05) is 46.9 Å². The molecule has 0 spiro atoms. The van der Waals surface area contributed by atoms with Gasteiger partial charge in [-0.2, -0.15) is 0 Å². The predicted octanol–water partition coefficient (Wildman–Crippen LogP) is 26.0. The molecule has 21 rings (SSSR count). The summed E-state index contributed by atoms with van der Waals surface area (Å²) in [6, 6.07) is 93.2. The highest BCUT2D eigenvalue weighted by atomic mass is 79.9. The van der Waals surface area contributed by atoms with E-state index in [9.17, 15) is 10.0 Å². The molecule has 7 aliphatic carbocycles. The number of hydrogen-bond acceptors (Lipinski definition) is 2. The summed E-state index contributed by atoms with van der Waals surface area (Å²) in [5.41, 5.74) is 44.0. The Kier molecular flexibility index (Phi) is 14.4. The van der Waals surface area contributed by atoms with Gasteiger partial charge in [-0.1, -0.05) is 323 Å². The zero-order valence-electron chi connectivity index (χ0n) is 62.9. The van der Waals surface area contributed by atoms with E-state index in [2.05, 4.69) is 347 Å². The number of halogens is 2. The maximum atomic E-state index is 9.29. The summed E-state index contributed by atoms with van der Waals surface area (Å²) in [5, 5.41) is 23.9. The average molecular weight is 1500 g/mol. The summed E-state index contributed by atoms with van der Waals surface area (Å²) in [5.74, 6) is 0. The zero-order chi connectivity index (χ0) is 73.6. The largest absolute Gasteiger partial charge is 0.488 e. The topological polar surface area (TPSA) is 40.5 Å². The molecule has 0 heterocycles. The van der Waals surface area contributed by atoms with Gasteiger partial charge in [0.05, 0.1) is 0 Å². The van der Waals surface area contributed by atoms with Crippen molar-refractivity contribution in [3.63, 3.8) is 0 Å². The second kappa shape index (κ2) is 22.8. The predicted molar refractivity (Wildman–Crippen MR) is 453 cm³/mol. The number of benzene rings is 14. The molecule has 0 bridgehead atoms. The van der Waals surface area contributed by atoms with Gasteiger partial charge in [0.1, 0.15) is 0 Å². The van der Waals surface area contributed by atoms with Crippen LogP contribution in [-0.2, 0) is 37.9 Å². The highest BCUT2D eigenvalue weighted by Gasteiger charge is 2.46. The van der Waals surface area contributed by atoms with Crippen LogP contribution in [0.4, 0.5) is 0 Å². The van der Waals surface area contributed by atoms with Crippen molar-refractivity contribution in [2.75, 3.05) is 0 Å². The maximum Gasteiger partial charge on any atom is 0.488 e. The summed E-state index contributed by atoms with van der Waals surface area (Å²) >= 11 is 7.53. The molecule has 0 fully saturated rings. The molecule has 0 saturated heterocycles. The molecular weight excluding hydrogens is 1420 g/mol. The van der Waals surface area contributed by atoms with Gasteiger partial charge in [-0.25, -0.2) is 0 Å². The van der Waals surface area contributed by atoms with Crippen LogP contribution in [0.3, 0.4) is 0 Å². The van der Waals surface area contributed by atoms with Crippen LogP contribution in [-0.4, -0.2) is 17.2 Å². The molecule has 0 radical (unpaired) electrons. The standard InChI is InChI=1S/C58H48.C28H22Br2.C15H15BO2/c1-55(2)46-19-13-11-16-37(46)42-27-33(22-25-48(42)55)34-21-24-39-44-30-45-52(32-51(44)57(5,6)50(39)29-34)58(7,8)53-31-41(36-15-9-10-18-40(36)54(45)53)35-23-26-49-43(28-35)38-17-12-14-20-47(38)56(49,3)4;1-27(2)21-11-15(29)9-10-16(21)19-12-20-23(13-22(19)27)28(3,4)24-14-25(30)17-7-5-6-8-18(17)26(20)24;1-15(2)13-6-4-3-5-11(13)12-9-10(16(17)18)7-8-14(12)15/h9-32H,1-8H3;5-14H,1-4H3;3-9,17-18H,1-2H3. The molecule has 14 aromatic carbocycles. The Hall–Kier alpha value is -9.46. The monoisotopic (exact) mass is 1500 g/mol. The molecule has 0 atom stereocenters. The lowest BCUT2D eigenvalue weighted by Gasteiger charge is -2.26. The van der Waals surface area contributed by atoms with Crippen LogP contribution in [0.25, 0.3) is 122 Å². The van der Waals surface area contributed by atoms with Gasteiger partial charge >= 0.3 is 7.12 Å². The Morgan fingerprint density at radius 1 is 0.217 bits per heavy atom. The first-order chi connectivity index (χ1) is 50.5. The van der Waals surface area contributed by atoms with Crippen molar-refractivity contribution in [2.24, 2.45) is 0 Å². The van der Waals surface area contributed by atoms with Crippen LogP contribution in [0.15, 0.2) is 258 Å². The lowest BCUT2D eigenvalue weighted by molar-refractivity contribution is 0.425. The summed E-state index contributed by atoms with van der Waals surface area (Å²) in [4.78, 5) is 0. The second-order valence-electron chi connectivity index (χ2n) is 34.8. The lowest BCUT2D eigenvalue weighted by Crippen LogP contribution is -2.30. The molecule has 5 heteroatoms. The van der Waals surface area contributed by atoms with Gasteiger partial charge in [-0.15, -0.1) is 0 Å². The Morgan fingerprint density at radius 2 is 0.547 bits per heavy atom. The molecule has 0 unspecified atom stereocenters. The first-order valence-electron chi connectivity index (χ1n) is 37.7. The summed E-state index contributed by atoms with van der Waals surface area (Å²) < 4.78 is 2.33. The molecule has 106 heavy (non-hydrogen) atoms. The maximum absolute atomic E-state index is 9.29. The minimum absolute atomic E-state index is 0.00299. The number of rotatable bonds is 3. The molecule has 7 aliphatic rings. The summed E-state index contributed by atoms with van der Waals surface area (Å²) in [6.07, 6.45) is 0. The highest BCUT2D eigenvalue weighted by molar-refractivity contribution is 9.11. The van der Waals surface area contributed by atoms with Crippen molar-refractivity contribution < 1.29 is 10.0 Å². The van der Waals surface area contributed by atoms with E-state index < -0.39 is 7.12 Å². The quantitative estimate of drug-likeness (QED) is 0.173. The van der Waals surface area contributed by atoms with E-state index in [0.29, 0.717) is 5.46 Å². The van der Waals surface area contributed by atoms with Gasteiger partial charge in [-0.3, -0.25) is 0 Å². The number of fused-ring (bicyclic) bond motifs is 25.